The lowest BCUT2D eigenvalue weighted by atomic mass is 10.1. The van der Waals surface area contributed by atoms with Crippen LogP contribution in [0.15, 0.2) is 60.7 Å². The number of fused-ring (bicyclic) bond motifs is 1. The van der Waals surface area contributed by atoms with Crippen molar-refractivity contribution < 1.29 is 0 Å². The van der Waals surface area contributed by atoms with Crippen LogP contribution in [-0.2, 0) is 0 Å². The summed E-state index contributed by atoms with van der Waals surface area (Å²) in [6, 6.07) is 20.1. The van der Waals surface area contributed by atoms with Gasteiger partial charge in [0.2, 0.25) is 0 Å². The van der Waals surface area contributed by atoms with Gasteiger partial charge in [0.15, 0.2) is 5.15 Å². The molecule has 0 atom stereocenters. The zero-order valence-corrected chi connectivity index (χ0v) is 13.2. The number of hydrogen-bond acceptors (Lipinski definition) is 3. The molecule has 112 valence electrons. The maximum absolute atomic E-state index is 6.11. The van der Waals surface area contributed by atoms with Crippen molar-refractivity contribution in [2.75, 3.05) is 0 Å². The molecule has 5 heteroatoms. The Bertz CT molecular complexity index is 978. The zero-order valence-electron chi connectivity index (χ0n) is 12.4. The number of halogens is 1. The number of nitrogens with zero attached hydrogens (tertiary/aromatic N) is 4. The number of rotatable bonds is 2. The number of hydrogen-bond donors (Lipinski definition) is 0. The highest BCUT2D eigenvalue weighted by Gasteiger charge is 2.18. The van der Waals surface area contributed by atoms with Gasteiger partial charge in [0.25, 0.3) is 5.78 Å². The van der Waals surface area contributed by atoms with Gasteiger partial charge in [0.05, 0.1) is 5.69 Å². The zero-order chi connectivity index (χ0) is 15.8. The van der Waals surface area contributed by atoms with E-state index in [2.05, 4.69) is 15.1 Å². The van der Waals surface area contributed by atoms with Crippen molar-refractivity contribution in [3.05, 3.63) is 71.5 Å². The molecule has 2 heterocycles. The van der Waals surface area contributed by atoms with Gasteiger partial charge in [0, 0.05) is 11.1 Å². The summed E-state index contributed by atoms with van der Waals surface area (Å²) in [5.41, 5.74) is 4.49. The molecule has 0 aliphatic heterocycles. The molecule has 0 bridgehead atoms. The monoisotopic (exact) mass is 320 g/mol. The number of aromatic nitrogens is 4. The molecule has 0 unspecified atom stereocenters. The van der Waals surface area contributed by atoms with Gasteiger partial charge in [-0.1, -0.05) is 72.3 Å². The van der Waals surface area contributed by atoms with Crippen LogP contribution in [0.3, 0.4) is 0 Å². The van der Waals surface area contributed by atoms with E-state index in [0.29, 0.717) is 16.6 Å². The predicted octanol–water partition coefficient (Wildman–Crippen LogP) is 4.42. The van der Waals surface area contributed by atoms with Crippen molar-refractivity contribution in [3.8, 4) is 22.5 Å². The Morgan fingerprint density at radius 3 is 2.09 bits per heavy atom. The molecule has 0 spiro atoms. The molecule has 4 rings (SSSR count). The molecule has 0 N–H and O–H groups in total. The first-order chi connectivity index (χ1) is 11.2. The van der Waals surface area contributed by atoms with E-state index < -0.39 is 0 Å². The summed E-state index contributed by atoms with van der Waals surface area (Å²) >= 11 is 6.11. The second kappa shape index (κ2) is 5.48. The molecule has 0 aliphatic rings. The molecular formula is C18H13ClN4. The molecule has 2 aromatic carbocycles. The standard InChI is InChI=1S/C18H13ClN4/c1-12-17(19)21-18-20-15(13-8-4-2-5-9-13)16(23(18)22-12)14-10-6-3-7-11-14/h2-11H,1H3. The molecule has 0 fully saturated rings. The molecule has 0 radical (unpaired) electrons. The lowest BCUT2D eigenvalue weighted by molar-refractivity contribution is 0.874. The molecule has 4 aromatic rings. The van der Waals surface area contributed by atoms with Crippen LogP contribution in [-0.4, -0.2) is 19.6 Å². The lowest BCUT2D eigenvalue weighted by Crippen LogP contribution is -2.00. The minimum Gasteiger partial charge on any atom is -0.209 e. The van der Waals surface area contributed by atoms with E-state index >= 15 is 0 Å². The van der Waals surface area contributed by atoms with Crippen LogP contribution in [0.1, 0.15) is 5.69 Å². The normalized spacial score (nSPS) is 11.0. The Kier molecular flexibility index (Phi) is 3.32. The first-order valence-corrected chi connectivity index (χ1v) is 7.65. The van der Waals surface area contributed by atoms with Crippen molar-refractivity contribution in [1.29, 1.82) is 0 Å². The highest BCUT2D eigenvalue weighted by molar-refractivity contribution is 6.30. The summed E-state index contributed by atoms with van der Waals surface area (Å²) in [6.45, 7) is 1.84. The Balaban J connectivity index is 2.09. The summed E-state index contributed by atoms with van der Waals surface area (Å²) in [4.78, 5) is 9.03. The average Bonchev–Trinajstić information content (AvgIpc) is 2.95. The van der Waals surface area contributed by atoms with Crippen molar-refractivity contribution in [1.82, 2.24) is 19.6 Å². The topological polar surface area (TPSA) is 43.1 Å². The van der Waals surface area contributed by atoms with Gasteiger partial charge in [-0.2, -0.15) is 14.6 Å². The third-order valence-corrected chi connectivity index (χ3v) is 4.04. The van der Waals surface area contributed by atoms with Crippen LogP contribution in [0, 0.1) is 6.92 Å². The van der Waals surface area contributed by atoms with Crippen molar-refractivity contribution in [2.24, 2.45) is 0 Å². The summed E-state index contributed by atoms with van der Waals surface area (Å²) in [6.07, 6.45) is 0. The van der Waals surface area contributed by atoms with Gasteiger partial charge in [-0.25, -0.2) is 4.98 Å². The van der Waals surface area contributed by atoms with Crippen molar-refractivity contribution in [2.45, 2.75) is 6.92 Å². The number of benzene rings is 2. The van der Waals surface area contributed by atoms with Crippen LogP contribution in [0.4, 0.5) is 0 Å². The first kappa shape index (κ1) is 13.9. The second-order valence-corrected chi connectivity index (χ2v) is 5.60. The fraction of sp³-hybridized carbons (Fsp3) is 0.0556. The third kappa shape index (κ3) is 2.37. The molecule has 4 nitrogen and oxygen atoms in total. The molecule has 23 heavy (non-hydrogen) atoms. The molecular weight excluding hydrogens is 308 g/mol. The molecule has 0 saturated heterocycles. The smallest absolute Gasteiger partial charge is 0.209 e. The van der Waals surface area contributed by atoms with Crippen LogP contribution in [0.2, 0.25) is 5.15 Å². The summed E-state index contributed by atoms with van der Waals surface area (Å²) in [7, 11) is 0. The van der Waals surface area contributed by atoms with Crippen LogP contribution in [0.25, 0.3) is 28.3 Å². The second-order valence-electron chi connectivity index (χ2n) is 5.24. The van der Waals surface area contributed by atoms with E-state index in [4.69, 9.17) is 11.6 Å². The average molecular weight is 321 g/mol. The van der Waals surface area contributed by atoms with Crippen LogP contribution >= 0.6 is 11.6 Å². The van der Waals surface area contributed by atoms with E-state index in [1.165, 1.54) is 0 Å². The molecule has 2 aromatic heterocycles. The van der Waals surface area contributed by atoms with Gasteiger partial charge < -0.3 is 0 Å². The maximum atomic E-state index is 6.11. The number of aryl methyl sites for hydroxylation is 1. The van der Waals surface area contributed by atoms with E-state index in [1.54, 1.807) is 4.52 Å². The van der Waals surface area contributed by atoms with Crippen molar-refractivity contribution in [3.63, 3.8) is 0 Å². The Morgan fingerprint density at radius 1 is 0.826 bits per heavy atom. The van der Waals surface area contributed by atoms with E-state index in [0.717, 1.165) is 22.5 Å². The van der Waals surface area contributed by atoms with Gasteiger partial charge >= 0.3 is 0 Å². The lowest BCUT2D eigenvalue weighted by Gasteiger charge is -2.05. The van der Waals surface area contributed by atoms with Gasteiger partial charge in [-0.15, -0.1) is 0 Å². The fourth-order valence-corrected chi connectivity index (χ4v) is 2.69. The Morgan fingerprint density at radius 2 is 1.43 bits per heavy atom. The minimum atomic E-state index is 0.377. The van der Waals surface area contributed by atoms with E-state index in [9.17, 15) is 0 Å². The SMILES string of the molecule is Cc1nn2c(-c3ccccc3)c(-c3ccccc3)nc2nc1Cl. The maximum Gasteiger partial charge on any atom is 0.253 e. The van der Waals surface area contributed by atoms with Crippen LogP contribution < -0.4 is 0 Å². The highest BCUT2D eigenvalue weighted by Crippen LogP contribution is 2.32. The van der Waals surface area contributed by atoms with Gasteiger partial charge in [0.1, 0.15) is 11.4 Å². The molecule has 0 amide bonds. The van der Waals surface area contributed by atoms with Gasteiger partial charge in [-0.05, 0) is 6.92 Å². The summed E-state index contributed by atoms with van der Waals surface area (Å²) in [5.74, 6) is 0.498. The fourth-order valence-electron chi connectivity index (χ4n) is 2.58. The summed E-state index contributed by atoms with van der Waals surface area (Å²) in [5, 5.41) is 4.93. The molecule has 0 saturated carbocycles. The third-order valence-electron chi connectivity index (χ3n) is 3.68. The van der Waals surface area contributed by atoms with Crippen LogP contribution in [0.5, 0.6) is 0 Å². The predicted molar refractivity (Wildman–Crippen MR) is 91.4 cm³/mol. The largest absolute Gasteiger partial charge is 0.253 e. The van der Waals surface area contributed by atoms with Crippen molar-refractivity contribution >= 4 is 17.4 Å². The first-order valence-electron chi connectivity index (χ1n) is 7.28. The van der Waals surface area contributed by atoms with E-state index in [-0.39, 0.29) is 0 Å². The van der Waals surface area contributed by atoms with E-state index in [1.807, 2.05) is 67.6 Å². The Labute approximate surface area is 138 Å². The number of imidazole rings is 1. The Hall–Kier alpha value is -2.72. The van der Waals surface area contributed by atoms with Gasteiger partial charge in [-0.3, -0.25) is 0 Å². The quantitative estimate of drug-likeness (QED) is 0.549. The highest BCUT2D eigenvalue weighted by atomic mass is 35.5. The minimum absolute atomic E-state index is 0.377. The molecule has 0 aliphatic carbocycles. The summed E-state index contributed by atoms with van der Waals surface area (Å²) < 4.78 is 1.76.